The summed E-state index contributed by atoms with van der Waals surface area (Å²) in [6.07, 6.45) is 3.13. The molecule has 1 amide bonds. The fourth-order valence-corrected chi connectivity index (χ4v) is 1.23. The Balaban J connectivity index is 2.46. The fraction of sp³-hybridized carbons (Fsp3) is 0.545. The highest BCUT2D eigenvalue weighted by Crippen LogP contribution is 1.98. The molecule has 0 atom stereocenters. The number of aryl methyl sites for hydroxylation is 1. The number of nitrogens with zero attached hydrogens (tertiary/aromatic N) is 2. The number of hydrogen-bond acceptors (Lipinski definition) is 3. The van der Waals surface area contributed by atoms with Crippen molar-refractivity contribution in [3.8, 4) is 0 Å². The van der Waals surface area contributed by atoms with Crippen molar-refractivity contribution in [2.75, 3.05) is 0 Å². The Morgan fingerprint density at radius 1 is 1.62 bits per heavy atom. The third-order valence-corrected chi connectivity index (χ3v) is 2.18. The van der Waals surface area contributed by atoms with Crippen LogP contribution in [0.4, 0.5) is 0 Å². The standard InChI is InChI=1S/C11H18N4O/c1-4-5-6-8(2)12-15-11(16)10-7-9(3)13-14-10/h7H,4-6H2,1-3H3,(H,13,14)(H,15,16). The van der Waals surface area contributed by atoms with Gasteiger partial charge in [-0.05, 0) is 32.8 Å². The van der Waals surface area contributed by atoms with Crippen LogP contribution in [0.5, 0.6) is 0 Å². The normalized spacial score (nSPS) is 11.6. The number of amides is 1. The summed E-state index contributed by atoms with van der Waals surface area (Å²) in [7, 11) is 0. The Hall–Kier alpha value is -1.65. The fourth-order valence-electron chi connectivity index (χ4n) is 1.23. The summed E-state index contributed by atoms with van der Waals surface area (Å²) in [4.78, 5) is 11.5. The van der Waals surface area contributed by atoms with E-state index in [9.17, 15) is 4.79 Å². The van der Waals surface area contributed by atoms with Gasteiger partial charge in [0.1, 0.15) is 0 Å². The lowest BCUT2D eigenvalue weighted by molar-refractivity contribution is 0.0949. The van der Waals surface area contributed by atoms with Crippen LogP contribution < -0.4 is 5.43 Å². The first-order valence-electron chi connectivity index (χ1n) is 5.49. The second-order valence-electron chi connectivity index (χ2n) is 3.83. The molecule has 0 saturated heterocycles. The first-order valence-corrected chi connectivity index (χ1v) is 5.49. The van der Waals surface area contributed by atoms with E-state index in [2.05, 4.69) is 27.6 Å². The van der Waals surface area contributed by atoms with Crippen LogP contribution in [0, 0.1) is 6.92 Å². The van der Waals surface area contributed by atoms with Gasteiger partial charge in [0.2, 0.25) is 0 Å². The number of H-pyrrole nitrogens is 1. The molecule has 1 heterocycles. The average Bonchev–Trinajstić information content (AvgIpc) is 2.69. The number of aromatic nitrogens is 2. The van der Waals surface area contributed by atoms with Gasteiger partial charge in [-0.1, -0.05) is 13.3 Å². The highest BCUT2D eigenvalue weighted by molar-refractivity contribution is 5.93. The minimum atomic E-state index is -0.278. The lowest BCUT2D eigenvalue weighted by atomic mass is 10.2. The predicted octanol–water partition coefficient (Wildman–Crippen LogP) is 2.01. The summed E-state index contributed by atoms with van der Waals surface area (Å²) in [6, 6.07) is 1.69. The van der Waals surface area contributed by atoms with E-state index in [0.29, 0.717) is 5.69 Å². The number of rotatable bonds is 5. The van der Waals surface area contributed by atoms with Gasteiger partial charge in [-0.3, -0.25) is 9.89 Å². The molecule has 1 rings (SSSR count). The van der Waals surface area contributed by atoms with E-state index >= 15 is 0 Å². The van der Waals surface area contributed by atoms with E-state index in [-0.39, 0.29) is 5.91 Å². The molecule has 88 valence electrons. The van der Waals surface area contributed by atoms with Gasteiger partial charge in [0, 0.05) is 11.4 Å². The topological polar surface area (TPSA) is 70.1 Å². The van der Waals surface area contributed by atoms with Crippen molar-refractivity contribution < 1.29 is 4.79 Å². The van der Waals surface area contributed by atoms with Gasteiger partial charge in [-0.25, -0.2) is 5.43 Å². The molecule has 5 nitrogen and oxygen atoms in total. The van der Waals surface area contributed by atoms with E-state index in [1.807, 2.05) is 13.8 Å². The molecular weight excluding hydrogens is 204 g/mol. The molecule has 5 heteroatoms. The molecule has 0 aliphatic heterocycles. The van der Waals surface area contributed by atoms with Crippen LogP contribution in [0.15, 0.2) is 11.2 Å². The van der Waals surface area contributed by atoms with E-state index in [4.69, 9.17) is 0 Å². The SMILES string of the molecule is CCCCC(C)=NNC(=O)c1cc(C)[nH]n1. The van der Waals surface area contributed by atoms with Crippen molar-refractivity contribution in [1.82, 2.24) is 15.6 Å². The number of hydrazone groups is 1. The van der Waals surface area contributed by atoms with Gasteiger partial charge >= 0.3 is 0 Å². The van der Waals surface area contributed by atoms with E-state index in [0.717, 1.165) is 30.7 Å². The summed E-state index contributed by atoms with van der Waals surface area (Å²) >= 11 is 0. The van der Waals surface area contributed by atoms with Gasteiger partial charge in [0.05, 0.1) is 0 Å². The molecule has 0 unspecified atom stereocenters. The second-order valence-corrected chi connectivity index (χ2v) is 3.83. The number of carbonyl (C=O) groups is 1. The van der Waals surface area contributed by atoms with Crippen LogP contribution in [0.2, 0.25) is 0 Å². The largest absolute Gasteiger partial charge is 0.291 e. The molecule has 0 bridgehead atoms. The average molecular weight is 222 g/mol. The minimum Gasteiger partial charge on any atom is -0.282 e. The molecule has 0 saturated carbocycles. The van der Waals surface area contributed by atoms with Crippen LogP contribution in [0.1, 0.15) is 49.3 Å². The number of nitrogens with one attached hydrogen (secondary N) is 2. The zero-order chi connectivity index (χ0) is 12.0. The van der Waals surface area contributed by atoms with Crippen molar-refractivity contribution in [3.63, 3.8) is 0 Å². The zero-order valence-corrected chi connectivity index (χ0v) is 10.0. The van der Waals surface area contributed by atoms with Crippen LogP contribution in [0.25, 0.3) is 0 Å². The predicted molar refractivity (Wildman–Crippen MR) is 63.4 cm³/mol. The molecule has 0 radical (unpaired) electrons. The molecule has 1 aromatic rings. The summed E-state index contributed by atoms with van der Waals surface area (Å²) < 4.78 is 0. The number of aromatic amines is 1. The molecule has 16 heavy (non-hydrogen) atoms. The van der Waals surface area contributed by atoms with Crippen molar-refractivity contribution in [2.45, 2.75) is 40.0 Å². The van der Waals surface area contributed by atoms with Crippen LogP contribution in [-0.2, 0) is 0 Å². The lowest BCUT2D eigenvalue weighted by Gasteiger charge is -1.99. The molecule has 0 aromatic carbocycles. The van der Waals surface area contributed by atoms with Gasteiger partial charge in [-0.2, -0.15) is 10.2 Å². The van der Waals surface area contributed by atoms with Crippen LogP contribution >= 0.6 is 0 Å². The maximum atomic E-state index is 11.5. The third-order valence-electron chi connectivity index (χ3n) is 2.18. The monoisotopic (exact) mass is 222 g/mol. The van der Waals surface area contributed by atoms with Gasteiger partial charge in [0.25, 0.3) is 5.91 Å². The molecular formula is C11H18N4O. The Labute approximate surface area is 95.3 Å². The lowest BCUT2D eigenvalue weighted by Crippen LogP contribution is -2.19. The molecule has 0 fully saturated rings. The van der Waals surface area contributed by atoms with E-state index in [1.165, 1.54) is 0 Å². The maximum absolute atomic E-state index is 11.5. The molecule has 0 aliphatic rings. The second kappa shape index (κ2) is 6.05. The first kappa shape index (κ1) is 12.4. The molecule has 0 aliphatic carbocycles. The number of unbranched alkanes of at least 4 members (excludes halogenated alkanes) is 1. The minimum absolute atomic E-state index is 0.278. The van der Waals surface area contributed by atoms with Crippen LogP contribution in [-0.4, -0.2) is 21.8 Å². The van der Waals surface area contributed by atoms with Crippen LogP contribution in [0.3, 0.4) is 0 Å². The summed E-state index contributed by atoms with van der Waals surface area (Å²) in [5.41, 5.74) is 4.64. The summed E-state index contributed by atoms with van der Waals surface area (Å²) in [6.45, 7) is 5.88. The van der Waals surface area contributed by atoms with Gasteiger partial charge in [0.15, 0.2) is 5.69 Å². The highest BCUT2D eigenvalue weighted by atomic mass is 16.2. The highest BCUT2D eigenvalue weighted by Gasteiger charge is 2.07. The van der Waals surface area contributed by atoms with Crippen molar-refractivity contribution in [1.29, 1.82) is 0 Å². The maximum Gasteiger partial charge on any atom is 0.291 e. The van der Waals surface area contributed by atoms with Crippen molar-refractivity contribution in [2.24, 2.45) is 5.10 Å². The number of hydrogen-bond donors (Lipinski definition) is 2. The molecule has 2 N–H and O–H groups in total. The summed E-state index contributed by atoms with van der Waals surface area (Å²) in [5, 5.41) is 10.6. The van der Waals surface area contributed by atoms with Gasteiger partial charge < -0.3 is 0 Å². The number of carbonyl (C=O) groups excluding carboxylic acids is 1. The third kappa shape index (κ3) is 3.84. The first-order chi connectivity index (χ1) is 7.63. The smallest absolute Gasteiger partial charge is 0.282 e. The van der Waals surface area contributed by atoms with E-state index < -0.39 is 0 Å². The summed E-state index contributed by atoms with van der Waals surface area (Å²) in [5.74, 6) is -0.278. The Morgan fingerprint density at radius 2 is 2.38 bits per heavy atom. The Bertz CT molecular complexity index is 381. The Morgan fingerprint density at radius 3 is 2.94 bits per heavy atom. The van der Waals surface area contributed by atoms with Gasteiger partial charge in [-0.15, -0.1) is 0 Å². The molecule has 1 aromatic heterocycles. The molecule has 0 spiro atoms. The Kier molecular flexibility index (Phi) is 4.69. The van der Waals surface area contributed by atoms with E-state index in [1.54, 1.807) is 6.07 Å². The zero-order valence-electron chi connectivity index (χ0n) is 10.0. The quantitative estimate of drug-likeness (QED) is 0.591. The van der Waals surface area contributed by atoms with Crippen molar-refractivity contribution in [3.05, 3.63) is 17.5 Å². The van der Waals surface area contributed by atoms with Crippen molar-refractivity contribution >= 4 is 11.6 Å².